The van der Waals surface area contributed by atoms with E-state index in [0.717, 1.165) is 28.3 Å². The van der Waals surface area contributed by atoms with Crippen LogP contribution in [0, 0.1) is 6.92 Å². The van der Waals surface area contributed by atoms with Crippen molar-refractivity contribution in [2.24, 2.45) is 0 Å². The Labute approximate surface area is 157 Å². The summed E-state index contributed by atoms with van der Waals surface area (Å²) in [6, 6.07) is 5.52. The number of hydrogen-bond donors (Lipinski definition) is 0. The molecule has 1 aromatic heterocycles. The summed E-state index contributed by atoms with van der Waals surface area (Å²) in [7, 11) is 5.07. The minimum absolute atomic E-state index is 0.0323. The van der Waals surface area contributed by atoms with E-state index in [1.54, 1.807) is 26.1 Å². The van der Waals surface area contributed by atoms with E-state index in [2.05, 4.69) is 4.98 Å². The van der Waals surface area contributed by atoms with E-state index >= 15 is 0 Å². The van der Waals surface area contributed by atoms with Crippen molar-refractivity contribution in [1.29, 1.82) is 0 Å². The fourth-order valence-corrected chi connectivity index (χ4v) is 4.14. The van der Waals surface area contributed by atoms with Gasteiger partial charge >= 0.3 is 0 Å². The van der Waals surface area contributed by atoms with Gasteiger partial charge in [-0.15, -0.1) is 11.3 Å². The van der Waals surface area contributed by atoms with Gasteiger partial charge in [0.15, 0.2) is 5.01 Å². The van der Waals surface area contributed by atoms with Crippen molar-refractivity contribution >= 4 is 23.2 Å². The maximum Gasteiger partial charge on any atom is 0.282 e. The molecule has 2 heterocycles. The number of carbonyl (C=O) groups excluding carboxylic acids is 2. The van der Waals surface area contributed by atoms with Crippen molar-refractivity contribution < 1.29 is 14.3 Å². The Morgan fingerprint density at radius 1 is 1.23 bits per heavy atom. The molecule has 2 amide bonds. The van der Waals surface area contributed by atoms with Crippen LogP contribution in [0.25, 0.3) is 0 Å². The summed E-state index contributed by atoms with van der Waals surface area (Å²) in [6.45, 7) is 3.16. The molecule has 0 N–H and O–H groups in total. The molecule has 1 aromatic carbocycles. The van der Waals surface area contributed by atoms with Crippen LogP contribution in [0.2, 0.25) is 0 Å². The van der Waals surface area contributed by atoms with Gasteiger partial charge in [-0.2, -0.15) is 0 Å². The number of aromatic nitrogens is 1. The number of rotatable bonds is 3. The quantitative estimate of drug-likeness (QED) is 0.829. The van der Waals surface area contributed by atoms with Crippen LogP contribution in [0.5, 0.6) is 5.75 Å². The summed E-state index contributed by atoms with van der Waals surface area (Å²) in [5.41, 5.74) is 2.56. The Hall–Kier alpha value is -2.41. The van der Waals surface area contributed by atoms with Crippen LogP contribution in [0.3, 0.4) is 0 Å². The molecular formula is C19H23N3O3S. The first kappa shape index (κ1) is 18.4. The number of carbonyl (C=O) groups is 2. The van der Waals surface area contributed by atoms with Gasteiger partial charge in [-0.1, -0.05) is 0 Å². The summed E-state index contributed by atoms with van der Waals surface area (Å²) >= 11 is 1.45. The summed E-state index contributed by atoms with van der Waals surface area (Å²) in [5.74, 6) is 0.717. The standard InChI is InChI=1S/C19H23N3O3S/c1-12-11-13(25-4)5-6-14(12)18(23)22-9-7-15-16(8-10-22)26-17(20-15)19(24)21(2)3/h5-6,11H,7-10H2,1-4H3. The normalized spacial score (nSPS) is 13.8. The number of ether oxygens (including phenoxy) is 1. The second-order valence-corrected chi connectivity index (χ2v) is 7.65. The topological polar surface area (TPSA) is 62.7 Å². The number of amides is 2. The first-order valence-electron chi connectivity index (χ1n) is 8.55. The number of thiazole rings is 1. The largest absolute Gasteiger partial charge is 0.497 e. The molecule has 0 saturated heterocycles. The molecule has 1 aliphatic rings. The Balaban J connectivity index is 1.74. The van der Waals surface area contributed by atoms with Crippen molar-refractivity contribution in [2.75, 3.05) is 34.3 Å². The van der Waals surface area contributed by atoms with E-state index in [9.17, 15) is 9.59 Å². The molecule has 1 aliphatic heterocycles. The molecule has 6 nitrogen and oxygen atoms in total. The Morgan fingerprint density at radius 3 is 2.62 bits per heavy atom. The van der Waals surface area contributed by atoms with Crippen molar-refractivity contribution in [1.82, 2.24) is 14.8 Å². The van der Waals surface area contributed by atoms with Gasteiger partial charge < -0.3 is 14.5 Å². The smallest absolute Gasteiger partial charge is 0.282 e. The summed E-state index contributed by atoms with van der Waals surface area (Å²) in [4.78, 5) is 34.0. The molecule has 7 heteroatoms. The van der Waals surface area contributed by atoms with E-state index in [4.69, 9.17) is 4.74 Å². The van der Waals surface area contributed by atoms with Gasteiger partial charge in [-0.25, -0.2) is 4.98 Å². The molecule has 26 heavy (non-hydrogen) atoms. The zero-order chi connectivity index (χ0) is 18.8. The molecule has 0 bridgehead atoms. The second-order valence-electron chi connectivity index (χ2n) is 6.56. The van der Waals surface area contributed by atoms with Crippen molar-refractivity contribution in [3.63, 3.8) is 0 Å². The lowest BCUT2D eigenvalue weighted by atomic mass is 10.1. The minimum Gasteiger partial charge on any atom is -0.497 e. The third-order valence-corrected chi connectivity index (χ3v) is 5.69. The Morgan fingerprint density at radius 2 is 1.96 bits per heavy atom. The number of methoxy groups -OCH3 is 1. The van der Waals surface area contributed by atoms with Crippen molar-refractivity contribution in [3.8, 4) is 5.75 Å². The lowest BCUT2D eigenvalue weighted by molar-refractivity contribution is 0.0760. The van der Waals surface area contributed by atoms with Gasteiger partial charge in [0.2, 0.25) is 0 Å². The van der Waals surface area contributed by atoms with Gasteiger partial charge in [0.25, 0.3) is 11.8 Å². The van der Waals surface area contributed by atoms with Crippen LogP contribution in [0.15, 0.2) is 18.2 Å². The molecule has 138 valence electrons. The van der Waals surface area contributed by atoms with Gasteiger partial charge in [-0.05, 0) is 30.7 Å². The van der Waals surface area contributed by atoms with Crippen molar-refractivity contribution in [2.45, 2.75) is 19.8 Å². The van der Waals surface area contributed by atoms with Crippen LogP contribution in [0.4, 0.5) is 0 Å². The van der Waals surface area contributed by atoms with Gasteiger partial charge in [0.1, 0.15) is 5.75 Å². The molecule has 0 saturated carbocycles. The third-order valence-electron chi connectivity index (χ3n) is 4.55. The predicted molar refractivity (Wildman–Crippen MR) is 101 cm³/mol. The van der Waals surface area contributed by atoms with Crippen LogP contribution >= 0.6 is 11.3 Å². The summed E-state index contributed by atoms with van der Waals surface area (Å²) in [6.07, 6.45) is 1.40. The first-order chi connectivity index (χ1) is 12.4. The SMILES string of the molecule is COc1ccc(C(=O)N2CCc3nc(C(=O)N(C)C)sc3CC2)c(C)c1. The van der Waals surface area contributed by atoms with E-state index in [1.165, 1.54) is 11.3 Å². The van der Waals surface area contributed by atoms with E-state index in [0.29, 0.717) is 30.1 Å². The minimum atomic E-state index is -0.0649. The van der Waals surface area contributed by atoms with Crippen LogP contribution in [0.1, 0.15) is 36.3 Å². The van der Waals surface area contributed by atoms with E-state index in [-0.39, 0.29) is 11.8 Å². The molecule has 0 fully saturated rings. The third kappa shape index (κ3) is 3.58. The average Bonchev–Trinajstić information content (AvgIpc) is 2.93. The zero-order valence-corrected chi connectivity index (χ0v) is 16.4. The number of nitrogens with zero attached hydrogens (tertiary/aromatic N) is 3. The van der Waals surface area contributed by atoms with Crippen molar-refractivity contribution in [3.05, 3.63) is 44.9 Å². The highest BCUT2D eigenvalue weighted by atomic mass is 32.1. The fraction of sp³-hybridized carbons (Fsp3) is 0.421. The number of hydrogen-bond acceptors (Lipinski definition) is 5. The first-order valence-corrected chi connectivity index (χ1v) is 9.36. The van der Waals surface area contributed by atoms with Gasteiger partial charge in [-0.3, -0.25) is 9.59 Å². The highest BCUT2D eigenvalue weighted by molar-refractivity contribution is 7.13. The highest BCUT2D eigenvalue weighted by Gasteiger charge is 2.25. The highest BCUT2D eigenvalue weighted by Crippen LogP contribution is 2.25. The monoisotopic (exact) mass is 373 g/mol. The molecule has 2 aromatic rings. The van der Waals surface area contributed by atoms with E-state index < -0.39 is 0 Å². The zero-order valence-electron chi connectivity index (χ0n) is 15.5. The molecule has 0 unspecified atom stereocenters. The maximum absolute atomic E-state index is 12.9. The van der Waals surface area contributed by atoms with Crippen LogP contribution in [-0.2, 0) is 12.8 Å². The van der Waals surface area contributed by atoms with Crippen LogP contribution in [-0.4, -0.2) is 60.9 Å². The number of aryl methyl sites for hydroxylation is 1. The molecule has 0 radical (unpaired) electrons. The lowest BCUT2D eigenvalue weighted by Crippen LogP contribution is -2.33. The number of fused-ring (bicyclic) bond motifs is 1. The fourth-order valence-electron chi connectivity index (χ4n) is 3.02. The lowest BCUT2D eigenvalue weighted by Gasteiger charge is -2.21. The van der Waals surface area contributed by atoms with E-state index in [1.807, 2.05) is 30.0 Å². The predicted octanol–water partition coefficient (Wildman–Crippen LogP) is 2.40. The molecule has 0 aliphatic carbocycles. The van der Waals surface area contributed by atoms with Gasteiger partial charge in [0, 0.05) is 50.5 Å². The summed E-state index contributed by atoms with van der Waals surface area (Å²) < 4.78 is 5.21. The summed E-state index contributed by atoms with van der Waals surface area (Å²) in [5, 5.41) is 0.533. The molecule has 0 atom stereocenters. The average molecular weight is 373 g/mol. The maximum atomic E-state index is 12.9. The molecule has 3 rings (SSSR count). The van der Waals surface area contributed by atoms with Crippen LogP contribution < -0.4 is 4.74 Å². The second kappa shape index (κ2) is 7.45. The number of benzene rings is 1. The van der Waals surface area contributed by atoms with Gasteiger partial charge in [0.05, 0.1) is 12.8 Å². The Kier molecular flexibility index (Phi) is 5.27. The molecular weight excluding hydrogens is 350 g/mol. The molecule has 0 spiro atoms. The Bertz CT molecular complexity index is 819.